The molecule has 2 N–H and O–H groups in total. The number of aryl methyl sites for hydroxylation is 1. The molecule has 214 valence electrons. The van der Waals surface area contributed by atoms with Gasteiger partial charge in [0, 0.05) is 27.9 Å². The van der Waals surface area contributed by atoms with Gasteiger partial charge in [0.05, 0.1) is 16.9 Å². The molecular formula is C29H29FIN5O5. The molecule has 12 heteroatoms. The zero-order valence-electron chi connectivity index (χ0n) is 23.2. The standard InChI is InChI=1S/C29H29FIN5O5/c1-15-23-22(24(34(5)25(15)37)33-21-12-9-16(31)13-20(21)30)26(38)36(18-10-11-18)28(40)35(23)19-8-6-7-17(14-19)32-27(39)41-29(2,3)4/h6-9,12-14,18,33H,10-11H2,1-5H3,(H,32,39). The van der Waals surface area contributed by atoms with Crippen molar-refractivity contribution in [3.05, 3.63) is 88.6 Å². The molecule has 1 amide bonds. The van der Waals surface area contributed by atoms with Crippen molar-refractivity contribution in [1.82, 2.24) is 13.7 Å². The van der Waals surface area contributed by atoms with Crippen molar-refractivity contribution in [2.24, 2.45) is 7.05 Å². The third kappa shape index (κ3) is 5.52. The highest BCUT2D eigenvalue weighted by molar-refractivity contribution is 14.1. The molecule has 2 aromatic heterocycles. The Labute approximate surface area is 247 Å². The van der Waals surface area contributed by atoms with Crippen LogP contribution in [0.2, 0.25) is 0 Å². The minimum absolute atomic E-state index is 0.0619. The third-order valence-corrected chi connectivity index (χ3v) is 7.36. The van der Waals surface area contributed by atoms with Gasteiger partial charge in [0.1, 0.15) is 22.6 Å². The number of pyridine rings is 1. The van der Waals surface area contributed by atoms with E-state index in [0.29, 0.717) is 27.8 Å². The highest BCUT2D eigenvalue weighted by Gasteiger charge is 2.31. The molecule has 10 nitrogen and oxygen atoms in total. The molecule has 0 unspecified atom stereocenters. The smallest absolute Gasteiger partial charge is 0.412 e. The lowest BCUT2D eigenvalue weighted by molar-refractivity contribution is 0.0636. The molecule has 0 radical (unpaired) electrons. The summed E-state index contributed by atoms with van der Waals surface area (Å²) in [6.07, 6.45) is 0.631. The Kier molecular flexibility index (Phi) is 7.30. The summed E-state index contributed by atoms with van der Waals surface area (Å²) in [5, 5.41) is 5.68. The van der Waals surface area contributed by atoms with Gasteiger partial charge in [-0.25, -0.2) is 14.0 Å². The topological polar surface area (TPSA) is 116 Å². The Morgan fingerprint density at radius 3 is 2.41 bits per heavy atom. The molecule has 1 saturated carbocycles. The molecule has 5 rings (SSSR count). The predicted molar refractivity (Wildman–Crippen MR) is 164 cm³/mol. The Hall–Kier alpha value is -3.94. The van der Waals surface area contributed by atoms with E-state index in [9.17, 15) is 23.6 Å². The number of rotatable bonds is 5. The average Bonchev–Trinajstić information content (AvgIpc) is 3.71. The predicted octanol–water partition coefficient (Wildman–Crippen LogP) is 5.33. The van der Waals surface area contributed by atoms with Gasteiger partial charge in [0.2, 0.25) is 0 Å². The van der Waals surface area contributed by atoms with E-state index in [1.165, 1.54) is 32.9 Å². The Bertz CT molecular complexity index is 1900. The number of amides is 1. The van der Waals surface area contributed by atoms with E-state index in [1.54, 1.807) is 58.0 Å². The summed E-state index contributed by atoms with van der Waals surface area (Å²) in [5.41, 5.74) is -1.35. The van der Waals surface area contributed by atoms with Crippen LogP contribution in [0.3, 0.4) is 0 Å². The maximum absolute atomic E-state index is 14.9. The van der Waals surface area contributed by atoms with E-state index in [-0.39, 0.29) is 34.0 Å². The zero-order valence-corrected chi connectivity index (χ0v) is 25.3. The van der Waals surface area contributed by atoms with Crippen LogP contribution in [0.1, 0.15) is 45.2 Å². The van der Waals surface area contributed by atoms with Crippen LogP contribution in [0, 0.1) is 16.3 Å². The molecule has 1 aliphatic rings. The molecule has 0 saturated heterocycles. The van der Waals surface area contributed by atoms with Crippen LogP contribution in [0.4, 0.5) is 26.4 Å². The number of nitrogens with zero attached hydrogens (tertiary/aromatic N) is 3. The third-order valence-electron chi connectivity index (χ3n) is 6.69. The van der Waals surface area contributed by atoms with Crippen molar-refractivity contribution in [3.63, 3.8) is 0 Å². The van der Waals surface area contributed by atoms with Gasteiger partial charge in [-0.2, -0.15) is 0 Å². The molecule has 4 aromatic rings. The summed E-state index contributed by atoms with van der Waals surface area (Å²) in [6, 6.07) is 10.7. The summed E-state index contributed by atoms with van der Waals surface area (Å²) in [7, 11) is 1.49. The molecule has 1 aliphatic carbocycles. The summed E-state index contributed by atoms with van der Waals surface area (Å²) >= 11 is 1.99. The second kappa shape index (κ2) is 10.5. The Morgan fingerprint density at radius 2 is 1.78 bits per heavy atom. The van der Waals surface area contributed by atoms with Crippen LogP contribution in [-0.4, -0.2) is 25.4 Å². The first-order valence-electron chi connectivity index (χ1n) is 13.0. The quantitative estimate of drug-likeness (QED) is 0.277. The molecule has 0 atom stereocenters. The Balaban J connectivity index is 1.79. The van der Waals surface area contributed by atoms with Gasteiger partial charge in [-0.3, -0.25) is 28.6 Å². The van der Waals surface area contributed by atoms with Crippen LogP contribution in [0.15, 0.2) is 56.8 Å². The number of halogens is 2. The fourth-order valence-electron chi connectivity index (χ4n) is 4.72. The number of aromatic nitrogens is 3. The van der Waals surface area contributed by atoms with E-state index < -0.39 is 34.3 Å². The average molecular weight is 673 g/mol. The number of nitrogens with one attached hydrogen (secondary N) is 2. The molecule has 0 bridgehead atoms. The lowest BCUT2D eigenvalue weighted by atomic mass is 10.1. The number of ether oxygens (including phenoxy) is 1. The largest absolute Gasteiger partial charge is 0.444 e. The SMILES string of the molecule is Cc1c(=O)n(C)c(Nc2ccc(I)cc2F)c2c(=O)n(C3CC3)c(=O)n(-c3cccc(NC(=O)OC(C)(C)C)c3)c12. The van der Waals surface area contributed by atoms with Gasteiger partial charge in [0.15, 0.2) is 0 Å². The number of carbonyl (C=O) groups excluding carboxylic acids is 1. The van der Waals surface area contributed by atoms with Crippen molar-refractivity contribution in [3.8, 4) is 5.69 Å². The summed E-state index contributed by atoms with van der Waals surface area (Å²) in [6.45, 7) is 6.77. The maximum atomic E-state index is 14.9. The first-order valence-corrected chi connectivity index (χ1v) is 14.1. The minimum atomic E-state index is -0.717. The van der Waals surface area contributed by atoms with Gasteiger partial charge >= 0.3 is 11.8 Å². The molecule has 41 heavy (non-hydrogen) atoms. The van der Waals surface area contributed by atoms with Gasteiger partial charge < -0.3 is 10.1 Å². The van der Waals surface area contributed by atoms with Gasteiger partial charge in [0.25, 0.3) is 11.1 Å². The Morgan fingerprint density at radius 1 is 1.07 bits per heavy atom. The molecule has 2 aromatic carbocycles. The van der Waals surface area contributed by atoms with E-state index >= 15 is 0 Å². The molecule has 2 heterocycles. The van der Waals surface area contributed by atoms with Crippen molar-refractivity contribution in [1.29, 1.82) is 0 Å². The highest BCUT2D eigenvalue weighted by Crippen LogP contribution is 2.34. The maximum Gasteiger partial charge on any atom is 0.412 e. The second-order valence-corrected chi connectivity index (χ2v) is 12.3. The van der Waals surface area contributed by atoms with E-state index in [4.69, 9.17) is 4.74 Å². The number of anilines is 3. The fourth-order valence-corrected chi connectivity index (χ4v) is 5.17. The number of benzene rings is 2. The molecular weight excluding hydrogens is 644 g/mol. The zero-order chi connectivity index (χ0) is 29.8. The van der Waals surface area contributed by atoms with Gasteiger partial charge in [-0.1, -0.05) is 6.07 Å². The van der Waals surface area contributed by atoms with E-state index in [2.05, 4.69) is 10.6 Å². The lowest BCUT2D eigenvalue weighted by Gasteiger charge is -2.21. The van der Waals surface area contributed by atoms with Crippen LogP contribution < -0.4 is 27.4 Å². The summed E-state index contributed by atoms with van der Waals surface area (Å²) in [4.78, 5) is 53.8. The molecule has 0 aliphatic heterocycles. The van der Waals surface area contributed by atoms with Crippen molar-refractivity contribution in [2.45, 2.75) is 52.2 Å². The van der Waals surface area contributed by atoms with Crippen molar-refractivity contribution >= 4 is 56.8 Å². The van der Waals surface area contributed by atoms with Crippen LogP contribution in [-0.2, 0) is 11.8 Å². The normalized spacial score (nSPS) is 13.3. The van der Waals surface area contributed by atoms with Crippen molar-refractivity contribution < 1.29 is 13.9 Å². The second-order valence-electron chi connectivity index (χ2n) is 11.0. The first kappa shape index (κ1) is 28.6. The number of carbonyl (C=O) groups is 1. The van der Waals surface area contributed by atoms with Crippen LogP contribution in [0.25, 0.3) is 16.6 Å². The highest BCUT2D eigenvalue weighted by atomic mass is 127. The lowest BCUT2D eigenvalue weighted by Crippen LogP contribution is -2.41. The number of fused-ring (bicyclic) bond motifs is 1. The van der Waals surface area contributed by atoms with E-state index in [1.807, 2.05) is 22.6 Å². The molecule has 0 spiro atoms. The van der Waals surface area contributed by atoms with E-state index in [0.717, 1.165) is 0 Å². The van der Waals surface area contributed by atoms with Gasteiger partial charge in [-0.15, -0.1) is 0 Å². The van der Waals surface area contributed by atoms with Gasteiger partial charge in [-0.05, 0) is 99.5 Å². The summed E-state index contributed by atoms with van der Waals surface area (Å²) in [5.74, 6) is -0.498. The van der Waals surface area contributed by atoms with Crippen molar-refractivity contribution in [2.75, 3.05) is 10.6 Å². The molecule has 1 fully saturated rings. The fraction of sp³-hybridized carbons (Fsp3) is 0.310. The minimum Gasteiger partial charge on any atom is -0.444 e. The number of hydrogen-bond acceptors (Lipinski definition) is 6. The van der Waals surface area contributed by atoms with Crippen LogP contribution >= 0.6 is 22.6 Å². The monoisotopic (exact) mass is 673 g/mol. The van der Waals surface area contributed by atoms with Crippen LogP contribution in [0.5, 0.6) is 0 Å². The summed E-state index contributed by atoms with van der Waals surface area (Å²) < 4.78 is 24.7. The first-order chi connectivity index (χ1) is 19.3. The number of hydrogen-bond donors (Lipinski definition) is 2.